The molecule has 0 bridgehead atoms. The molecular weight excluding hydrogens is 310 g/mol. The highest BCUT2D eigenvalue weighted by atomic mass is 32.2. The third-order valence-electron chi connectivity index (χ3n) is 3.11. The van der Waals surface area contributed by atoms with Crippen LogP contribution in [0.3, 0.4) is 0 Å². The Morgan fingerprint density at radius 1 is 1.48 bits per heavy atom. The molecule has 1 aromatic rings. The maximum atomic E-state index is 11.8. The summed E-state index contributed by atoms with van der Waals surface area (Å²) in [7, 11) is -5.24. The van der Waals surface area contributed by atoms with E-state index in [-0.39, 0.29) is 10.4 Å². The summed E-state index contributed by atoms with van der Waals surface area (Å²) in [6.45, 7) is -0.855. The first-order valence-electron chi connectivity index (χ1n) is 5.62. The molecule has 21 heavy (non-hydrogen) atoms. The fraction of sp³-hybridized carbons (Fsp3) is 0.556. The van der Waals surface area contributed by atoms with Crippen molar-refractivity contribution in [1.29, 1.82) is 0 Å². The first-order valence-corrected chi connectivity index (χ1v) is 7.06. The highest BCUT2D eigenvalue weighted by Crippen LogP contribution is 2.38. The summed E-state index contributed by atoms with van der Waals surface area (Å²) in [5.74, 6) is -0.228. The zero-order chi connectivity index (χ0) is 16.0. The van der Waals surface area contributed by atoms with Crippen molar-refractivity contribution in [2.24, 2.45) is 0 Å². The van der Waals surface area contributed by atoms with Crippen LogP contribution < -0.4 is 11.4 Å². The maximum Gasteiger partial charge on any atom is 0.352 e. The van der Waals surface area contributed by atoms with Crippen LogP contribution in [-0.2, 0) is 19.9 Å². The van der Waals surface area contributed by atoms with Crippen LogP contribution in [-0.4, -0.2) is 62.8 Å². The molecule has 1 saturated heterocycles. The summed E-state index contributed by atoms with van der Waals surface area (Å²) in [5, 5.41) is 25.6. The van der Waals surface area contributed by atoms with Gasteiger partial charge in [-0.3, -0.25) is 9.12 Å². The zero-order valence-corrected chi connectivity index (χ0v) is 11.2. The van der Waals surface area contributed by atoms with Gasteiger partial charge in [0.25, 0.3) is 0 Å². The van der Waals surface area contributed by atoms with Gasteiger partial charge in [-0.1, -0.05) is 0 Å². The average Bonchev–Trinajstić information content (AvgIpc) is 2.63. The number of aromatic nitrogens is 2. The second-order valence-corrected chi connectivity index (χ2v) is 5.92. The minimum absolute atomic E-state index is 0.228. The monoisotopic (exact) mass is 323 g/mol. The first kappa shape index (κ1) is 15.8. The number of nitrogens with zero attached hydrogens (tertiary/aromatic N) is 2. The smallest absolute Gasteiger partial charge is 0.352 e. The highest BCUT2D eigenvalue weighted by molar-refractivity contribution is 7.86. The summed E-state index contributed by atoms with van der Waals surface area (Å²) in [5.41, 5.74) is 4.03. The number of hydrogen-bond donors (Lipinski definition) is 5. The second kappa shape index (κ2) is 5.01. The van der Waals surface area contributed by atoms with Crippen molar-refractivity contribution < 1.29 is 33.0 Å². The highest BCUT2D eigenvalue weighted by Gasteiger charge is 2.64. The van der Waals surface area contributed by atoms with E-state index in [2.05, 4.69) is 4.98 Å². The van der Waals surface area contributed by atoms with Crippen LogP contribution >= 0.6 is 0 Å². The molecule has 11 nitrogen and oxygen atoms in total. The lowest BCUT2D eigenvalue weighted by molar-refractivity contribution is -0.0931. The number of hydrogen-bond acceptors (Lipinski definition) is 9. The fourth-order valence-corrected chi connectivity index (χ4v) is 3.19. The van der Waals surface area contributed by atoms with Crippen molar-refractivity contribution in [3.63, 3.8) is 0 Å². The van der Waals surface area contributed by atoms with Crippen LogP contribution in [0.25, 0.3) is 0 Å². The number of nitrogen functional groups attached to an aromatic ring is 1. The molecule has 0 spiro atoms. The minimum Gasteiger partial charge on any atom is -0.394 e. The van der Waals surface area contributed by atoms with Gasteiger partial charge in [0.05, 0.1) is 6.61 Å². The molecule has 0 unspecified atom stereocenters. The van der Waals surface area contributed by atoms with Crippen molar-refractivity contribution in [1.82, 2.24) is 9.55 Å². The SMILES string of the molecule is Nc1ccn([C@]2(S(=O)(=O)O)O[C@H](CO)[C@@H](O)[C@H]2O)c(=O)n1. The van der Waals surface area contributed by atoms with E-state index in [1.54, 1.807) is 0 Å². The Morgan fingerprint density at radius 3 is 2.52 bits per heavy atom. The topological polar surface area (TPSA) is 185 Å². The number of nitrogens with two attached hydrogens (primary N) is 1. The van der Waals surface area contributed by atoms with E-state index in [0.29, 0.717) is 0 Å². The summed E-state index contributed by atoms with van der Waals surface area (Å²) >= 11 is 0. The molecule has 118 valence electrons. The van der Waals surface area contributed by atoms with E-state index in [4.69, 9.17) is 15.6 Å². The molecule has 0 radical (unpaired) electrons. The van der Waals surface area contributed by atoms with Gasteiger partial charge in [-0.2, -0.15) is 13.4 Å². The van der Waals surface area contributed by atoms with Crippen molar-refractivity contribution in [3.05, 3.63) is 22.7 Å². The van der Waals surface area contributed by atoms with Crippen LogP contribution in [0.15, 0.2) is 17.1 Å². The normalized spacial score (nSPS) is 33.2. The Labute approximate surface area is 118 Å². The third kappa shape index (κ3) is 2.21. The largest absolute Gasteiger partial charge is 0.394 e. The molecule has 0 aromatic carbocycles. The van der Waals surface area contributed by atoms with E-state index < -0.39 is 45.8 Å². The van der Waals surface area contributed by atoms with E-state index in [9.17, 15) is 28.0 Å². The fourth-order valence-electron chi connectivity index (χ4n) is 2.11. The Bertz CT molecular complexity index is 703. The van der Waals surface area contributed by atoms with Gasteiger partial charge < -0.3 is 25.8 Å². The van der Waals surface area contributed by atoms with Crippen molar-refractivity contribution in [2.75, 3.05) is 12.3 Å². The lowest BCUT2D eigenvalue weighted by Crippen LogP contribution is -2.55. The van der Waals surface area contributed by atoms with Gasteiger partial charge >= 0.3 is 20.9 Å². The summed E-state index contributed by atoms with van der Waals surface area (Å²) in [6, 6.07) is 1.03. The third-order valence-corrected chi connectivity index (χ3v) is 4.38. The predicted octanol–water partition coefficient (Wildman–Crippen LogP) is -3.56. The molecule has 1 fully saturated rings. The molecule has 0 saturated carbocycles. The van der Waals surface area contributed by atoms with Gasteiger partial charge in [0.1, 0.15) is 24.1 Å². The van der Waals surface area contributed by atoms with Crippen LogP contribution in [0.2, 0.25) is 0 Å². The summed E-state index contributed by atoms with van der Waals surface area (Å²) in [6.07, 6.45) is -4.81. The van der Waals surface area contributed by atoms with E-state index in [1.165, 1.54) is 0 Å². The number of rotatable bonds is 3. The van der Waals surface area contributed by atoms with Crippen LogP contribution in [0.4, 0.5) is 5.82 Å². The van der Waals surface area contributed by atoms with Crippen molar-refractivity contribution in [3.8, 4) is 0 Å². The van der Waals surface area contributed by atoms with Crippen LogP contribution in [0.5, 0.6) is 0 Å². The number of ether oxygens (including phenoxy) is 1. The number of aliphatic hydroxyl groups is 3. The molecule has 4 atom stereocenters. The molecule has 2 heterocycles. The molecule has 1 aliphatic heterocycles. The summed E-state index contributed by atoms with van der Waals surface area (Å²) < 4.78 is 37.9. The Balaban J connectivity index is 2.74. The lowest BCUT2D eigenvalue weighted by Gasteiger charge is -2.29. The molecule has 1 aliphatic rings. The first-order chi connectivity index (χ1) is 9.65. The Morgan fingerprint density at radius 2 is 2.10 bits per heavy atom. The lowest BCUT2D eigenvalue weighted by atomic mass is 10.1. The average molecular weight is 323 g/mol. The van der Waals surface area contributed by atoms with Crippen LogP contribution in [0, 0.1) is 0 Å². The van der Waals surface area contributed by atoms with Gasteiger partial charge in [0, 0.05) is 6.20 Å². The van der Waals surface area contributed by atoms with Gasteiger partial charge in [-0.05, 0) is 6.07 Å². The molecule has 1 aromatic heterocycles. The summed E-state index contributed by atoms with van der Waals surface area (Å²) in [4.78, 5) is 15.0. The zero-order valence-electron chi connectivity index (χ0n) is 10.4. The Kier molecular flexibility index (Phi) is 3.77. The standard InChI is InChI=1S/C9H13N3O8S/c10-5-1-2-12(8(16)11-5)9(21(17,18)19)7(15)6(14)4(3-13)20-9/h1-2,4,6-7,13-15H,3H2,(H2,10,11,16)(H,17,18,19)/t4-,6-,7-,9+/m1/s1. The predicted molar refractivity (Wildman–Crippen MR) is 66.4 cm³/mol. The number of anilines is 1. The molecular formula is C9H13N3O8S. The van der Waals surface area contributed by atoms with E-state index >= 15 is 0 Å². The molecule has 2 rings (SSSR count). The minimum atomic E-state index is -5.24. The van der Waals surface area contributed by atoms with E-state index in [1.807, 2.05) is 0 Å². The quantitative estimate of drug-likeness (QED) is 0.348. The maximum absolute atomic E-state index is 11.8. The molecule has 0 aliphatic carbocycles. The van der Waals surface area contributed by atoms with Crippen molar-refractivity contribution >= 4 is 15.9 Å². The Hall–Kier alpha value is -1.57. The van der Waals surface area contributed by atoms with E-state index in [0.717, 1.165) is 12.3 Å². The molecule has 12 heteroatoms. The number of aliphatic hydroxyl groups excluding tert-OH is 3. The molecule has 0 amide bonds. The van der Waals surface area contributed by atoms with Gasteiger partial charge in [-0.15, -0.1) is 0 Å². The van der Waals surface area contributed by atoms with Gasteiger partial charge in [-0.25, -0.2) is 4.79 Å². The molecule has 6 N–H and O–H groups in total. The second-order valence-electron chi connectivity index (χ2n) is 4.39. The van der Waals surface area contributed by atoms with Crippen molar-refractivity contribution in [2.45, 2.75) is 23.4 Å². The van der Waals surface area contributed by atoms with Gasteiger partial charge in [0.2, 0.25) is 0 Å². The van der Waals surface area contributed by atoms with Crippen LogP contribution in [0.1, 0.15) is 0 Å². The van der Waals surface area contributed by atoms with Gasteiger partial charge in [0.15, 0.2) is 0 Å².